The summed E-state index contributed by atoms with van der Waals surface area (Å²) >= 11 is 7.69. The van der Waals surface area contributed by atoms with Gasteiger partial charge in [-0.25, -0.2) is 4.98 Å². The van der Waals surface area contributed by atoms with Crippen molar-refractivity contribution in [3.8, 4) is 22.7 Å². The molecule has 0 unspecified atom stereocenters. The monoisotopic (exact) mass is 434 g/mol. The average molecular weight is 435 g/mol. The second kappa shape index (κ2) is 7.44. The molecule has 0 saturated carbocycles. The third-order valence-corrected chi connectivity index (χ3v) is 5.84. The number of fused-ring (bicyclic) bond motifs is 1. The van der Waals surface area contributed by atoms with E-state index in [2.05, 4.69) is 20.5 Å². The van der Waals surface area contributed by atoms with E-state index in [9.17, 15) is 4.79 Å². The Morgan fingerprint density at radius 1 is 1.20 bits per heavy atom. The van der Waals surface area contributed by atoms with Crippen LogP contribution >= 0.6 is 22.9 Å². The van der Waals surface area contributed by atoms with Gasteiger partial charge in [-0.05, 0) is 48.2 Å². The minimum atomic E-state index is -0.133. The van der Waals surface area contributed by atoms with Gasteiger partial charge in [0.1, 0.15) is 5.52 Å². The van der Waals surface area contributed by atoms with E-state index in [4.69, 9.17) is 16.0 Å². The van der Waals surface area contributed by atoms with Crippen LogP contribution in [0.4, 0.5) is 5.69 Å². The van der Waals surface area contributed by atoms with Gasteiger partial charge < -0.3 is 9.73 Å². The first kappa shape index (κ1) is 18.6. The lowest BCUT2D eigenvalue weighted by Gasteiger charge is -2.06. The number of benzene rings is 2. The molecule has 0 aliphatic rings. The smallest absolute Gasteiger partial charge is 0.256 e. The van der Waals surface area contributed by atoms with Crippen LogP contribution in [0, 0.1) is 6.92 Å². The zero-order valence-electron chi connectivity index (χ0n) is 15.8. The number of hydrogen-bond donors (Lipinski definition) is 2. The number of nitrogens with zero attached hydrogens (tertiary/aromatic N) is 2. The number of anilines is 1. The summed E-state index contributed by atoms with van der Waals surface area (Å²) < 4.78 is 5.94. The van der Waals surface area contributed by atoms with Gasteiger partial charge in [0.2, 0.25) is 5.89 Å². The predicted molar refractivity (Wildman–Crippen MR) is 119 cm³/mol. The van der Waals surface area contributed by atoms with Crippen molar-refractivity contribution in [2.24, 2.45) is 0 Å². The van der Waals surface area contributed by atoms with E-state index >= 15 is 0 Å². The molecular formula is C22H15ClN4O2S. The number of H-pyrrole nitrogens is 1. The van der Waals surface area contributed by atoms with Crippen molar-refractivity contribution >= 4 is 45.6 Å². The van der Waals surface area contributed by atoms with Crippen LogP contribution in [-0.2, 0) is 0 Å². The average Bonchev–Trinajstić information content (AvgIpc) is 3.49. The highest BCUT2D eigenvalue weighted by atomic mass is 35.5. The SMILES string of the molecule is Cc1cc2oc(-c3cn[nH]c3-c3ccc(NC(=O)c4ccsc4)cc3)nc2cc1Cl. The highest BCUT2D eigenvalue weighted by Gasteiger charge is 2.17. The Kier molecular flexibility index (Phi) is 4.61. The number of halogens is 1. The maximum absolute atomic E-state index is 12.2. The van der Waals surface area contributed by atoms with Gasteiger partial charge in [-0.1, -0.05) is 23.7 Å². The molecule has 2 N–H and O–H groups in total. The van der Waals surface area contributed by atoms with E-state index in [1.54, 1.807) is 18.3 Å². The molecule has 6 nitrogen and oxygen atoms in total. The van der Waals surface area contributed by atoms with Crippen LogP contribution in [-0.4, -0.2) is 21.1 Å². The minimum Gasteiger partial charge on any atom is -0.436 e. The Balaban J connectivity index is 1.44. The van der Waals surface area contributed by atoms with E-state index in [1.165, 1.54) is 11.3 Å². The molecule has 0 fully saturated rings. The number of carbonyl (C=O) groups is 1. The Hall–Kier alpha value is -3.42. The first-order valence-electron chi connectivity index (χ1n) is 9.13. The summed E-state index contributed by atoms with van der Waals surface area (Å²) in [6.45, 7) is 1.92. The van der Waals surface area contributed by atoms with Crippen molar-refractivity contribution in [3.05, 3.63) is 75.6 Å². The van der Waals surface area contributed by atoms with Gasteiger partial charge in [0.15, 0.2) is 5.58 Å². The normalized spacial score (nSPS) is 11.1. The van der Waals surface area contributed by atoms with Gasteiger partial charge in [0.05, 0.1) is 23.0 Å². The summed E-state index contributed by atoms with van der Waals surface area (Å²) in [6.07, 6.45) is 1.68. The maximum Gasteiger partial charge on any atom is 0.256 e. The summed E-state index contributed by atoms with van der Waals surface area (Å²) in [5.74, 6) is 0.330. The van der Waals surface area contributed by atoms with Crippen LogP contribution in [0.5, 0.6) is 0 Å². The number of aromatic amines is 1. The number of aryl methyl sites for hydroxylation is 1. The van der Waals surface area contributed by atoms with Crippen LogP contribution in [0.15, 0.2) is 63.8 Å². The molecule has 0 atom stereocenters. The highest BCUT2D eigenvalue weighted by Crippen LogP contribution is 2.33. The van der Waals surface area contributed by atoms with E-state index in [0.717, 1.165) is 22.4 Å². The number of thiophene rings is 1. The fraction of sp³-hybridized carbons (Fsp3) is 0.0455. The molecule has 1 amide bonds. The lowest BCUT2D eigenvalue weighted by Crippen LogP contribution is -2.10. The summed E-state index contributed by atoms with van der Waals surface area (Å²) in [7, 11) is 0. The topological polar surface area (TPSA) is 83.8 Å². The molecule has 3 heterocycles. The predicted octanol–water partition coefficient (Wildman–Crippen LogP) is 6.16. The molecule has 5 aromatic rings. The molecule has 2 aromatic carbocycles. The summed E-state index contributed by atoms with van der Waals surface area (Å²) in [6, 6.07) is 13.0. The number of hydrogen-bond acceptors (Lipinski definition) is 5. The zero-order chi connectivity index (χ0) is 20.7. The molecule has 0 bridgehead atoms. The quantitative estimate of drug-likeness (QED) is 0.354. The molecule has 0 aliphatic heterocycles. The standard InChI is InChI=1S/C22H15ClN4O2S/c1-12-8-19-18(9-17(12)23)26-22(29-19)16-10-24-27-20(16)13-2-4-15(5-3-13)25-21(28)14-6-7-30-11-14/h2-11H,1H3,(H,24,27)(H,25,28). The van der Waals surface area contributed by atoms with Gasteiger partial charge in [0.25, 0.3) is 5.91 Å². The van der Waals surface area contributed by atoms with E-state index in [0.29, 0.717) is 33.3 Å². The Bertz CT molecular complexity index is 1320. The van der Waals surface area contributed by atoms with Crippen molar-refractivity contribution in [1.82, 2.24) is 15.2 Å². The molecule has 0 spiro atoms. The van der Waals surface area contributed by atoms with Crippen molar-refractivity contribution in [3.63, 3.8) is 0 Å². The molecule has 0 saturated heterocycles. The van der Waals surface area contributed by atoms with Gasteiger partial charge >= 0.3 is 0 Å². The second-order valence-electron chi connectivity index (χ2n) is 6.79. The first-order chi connectivity index (χ1) is 14.6. The van der Waals surface area contributed by atoms with E-state index in [-0.39, 0.29) is 5.91 Å². The minimum absolute atomic E-state index is 0.133. The zero-order valence-corrected chi connectivity index (χ0v) is 17.3. The van der Waals surface area contributed by atoms with Gasteiger partial charge in [0, 0.05) is 21.7 Å². The lowest BCUT2D eigenvalue weighted by atomic mass is 10.1. The third kappa shape index (κ3) is 3.38. The largest absolute Gasteiger partial charge is 0.436 e. The molecule has 30 heavy (non-hydrogen) atoms. The van der Waals surface area contributed by atoms with Crippen LogP contribution in [0.1, 0.15) is 15.9 Å². The molecule has 0 radical (unpaired) electrons. The second-order valence-corrected chi connectivity index (χ2v) is 7.98. The van der Waals surface area contributed by atoms with Crippen LogP contribution in [0.25, 0.3) is 33.8 Å². The number of carbonyl (C=O) groups excluding carboxylic acids is 1. The molecule has 8 heteroatoms. The number of rotatable bonds is 4. The number of oxazole rings is 1. The lowest BCUT2D eigenvalue weighted by molar-refractivity contribution is 0.102. The van der Waals surface area contributed by atoms with Gasteiger partial charge in [-0.3, -0.25) is 9.89 Å². The fourth-order valence-corrected chi connectivity index (χ4v) is 3.94. The molecule has 148 valence electrons. The van der Waals surface area contributed by atoms with E-state index < -0.39 is 0 Å². The fourth-order valence-electron chi connectivity index (χ4n) is 3.15. The van der Waals surface area contributed by atoms with E-state index in [1.807, 2.05) is 48.0 Å². The maximum atomic E-state index is 12.2. The van der Waals surface area contributed by atoms with Crippen molar-refractivity contribution in [2.75, 3.05) is 5.32 Å². The van der Waals surface area contributed by atoms with Crippen LogP contribution < -0.4 is 5.32 Å². The van der Waals surface area contributed by atoms with Gasteiger partial charge in [-0.15, -0.1) is 0 Å². The number of amides is 1. The Labute approximate surface area is 180 Å². The third-order valence-electron chi connectivity index (χ3n) is 4.75. The van der Waals surface area contributed by atoms with Crippen LogP contribution in [0.3, 0.4) is 0 Å². The first-order valence-corrected chi connectivity index (χ1v) is 10.4. The number of aromatic nitrogens is 3. The molecule has 3 aromatic heterocycles. The Morgan fingerprint density at radius 3 is 2.80 bits per heavy atom. The summed E-state index contributed by atoms with van der Waals surface area (Å²) in [5.41, 5.74) is 6.07. The van der Waals surface area contributed by atoms with Crippen molar-refractivity contribution < 1.29 is 9.21 Å². The summed E-state index contributed by atoms with van der Waals surface area (Å²) in [4.78, 5) is 16.8. The summed E-state index contributed by atoms with van der Waals surface area (Å²) in [5, 5.41) is 14.4. The Morgan fingerprint density at radius 2 is 2.03 bits per heavy atom. The van der Waals surface area contributed by atoms with Crippen molar-refractivity contribution in [2.45, 2.75) is 6.92 Å². The molecular weight excluding hydrogens is 420 g/mol. The van der Waals surface area contributed by atoms with Gasteiger partial charge in [-0.2, -0.15) is 16.4 Å². The molecule has 5 rings (SSSR count). The highest BCUT2D eigenvalue weighted by molar-refractivity contribution is 7.08. The van der Waals surface area contributed by atoms with Crippen LogP contribution in [0.2, 0.25) is 5.02 Å². The van der Waals surface area contributed by atoms with Crippen molar-refractivity contribution in [1.29, 1.82) is 0 Å². The number of nitrogens with one attached hydrogen (secondary N) is 2. The molecule has 0 aliphatic carbocycles.